The van der Waals surface area contributed by atoms with E-state index in [9.17, 15) is 14.7 Å². The van der Waals surface area contributed by atoms with Crippen LogP contribution in [-0.2, 0) is 6.54 Å². The molecule has 0 spiro atoms. The molecule has 0 aliphatic heterocycles. The maximum Gasteiger partial charge on any atom is 0.339 e. The maximum absolute atomic E-state index is 12.5. The van der Waals surface area contributed by atoms with Gasteiger partial charge in [-0.15, -0.1) is 0 Å². The molecule has 0 atom stereocenters. The van der Waals surface area contributed by atoms with Crippen LogP contribution in [0.2, 0.25) is 5.02 Å². The topological polar surface area (TPSA) is 82.5 Å². The average Bonchev–Trinajstić information content (AvgIpc) is 2.77. The molecule has 2 aromatic carbocycles. The van der Waals surface area contributed by atoms with E-state index >= 15 is 0 Å². The zero-order chi connectivity index (χ0) is 22.2. The van der Waals surface area contributed by atoms with Crippen LogP contribution in [0.15, 0.2) is 66.9 Å². The van der Waals surface area contributed by atoms with E-state index in [1.807, 2.05) is 35.2 Å². The van der Waals surface area contributed by atoms with Crippen molar-refractivity contribution in [3.8, 4) is 0 Å². The van der Waals surface area contributed by atoms with Crippen LogP contribution in [0.3, 0.4) is 0 Å². The van der Waals surface area contributed by atoms with Gasteiger partial charge in [0.05, 0.1) is 11.9 Å². The van der Waals surface area contributed by atoms with Gasteiger partial charge in [0, 0.05) is 23.7 Å². The monoisotopic (exact) mass is 437 g/mol. The normalized spacial score (nSPS) is 10.5. The Morgan fingerprint density at radius 3 is 2.45 bits per heavy atom. The second-order valence-corrected chi connectivity index (χ2v) is 7.56. The molecule has 0 saturated carbocycles. The van der Waals surface area contributed by atoms with Gasteiger partial charge in [-0.1, -0.05) is 55.3 Å². The second kappa shape index (κ2) is 10.6. The maximum atomic E-state index is 12.5. The number of halogens is 1. The Balaban J connectivity index is 1.87. The standard InChI is InChI=1S/C24H24ClN3O3/c1-2-3-13-28(16-17-7-5-4-6-8-17)22-21(24(30)31)14-20(15-26-22)27-23(29)18-9-11-19(25)12-10-18/h4-12,14-15H,2-3,13,16H2,1H3,(H,27,29)(H,30,31). The van der Waals surface area contributed by atoms with Crippen LogP contribution in [0.1, 0.15) is 46.0 Å². The lowest BCUT2D eigenvalue weighted by Gasteiger charge is -2.25. The minimum absolute atomic E-state index is 0.0425. The summed E-state index contributed by atoms with van der Waals surface area (Å²) in [5, 5.41) is 13.1. The van der Waals surface area contributed by atoms with Gasteiger partial charge in [-0.2, -0.15) is 0 Å². The molecule has 2 N–H and O–H groups in total. The summed E-state index contributed by atoms with van der Waals surface area (Å²) in [6, 6.07) is 17.7. The largest absolute Gasteiger partial charge is 0.478 e. The van der Waals surface area contributed by atoms with Gasteiger partial charge >= 0.3 is 5.97 Å². The lowest BCUT2D eigenvalue weighted by molar-refractivity contribution is 0.0696. The Hall–Kier alpha value is -3.38. The highest BCUT2D eigenvalue weighted by Gasteiger charge is 2.19. The van der Waals surface area contributed by atoms with Gasteiger partial charge in [-0.3, -0.25) is 4.79 Å². The Labute approximate surface area is 186 Å². The van der Waals surface area contributed by atoms with E-state index in [1.54, 1.807) is 24.3 Å². The van der Waals surface area contributed by atoms with Crippen molar-refractivity contribution in [3.05, 3.63) is 88.6 Å². The molecule has 7 heteroatoms. The number of anilines is 2. The third kappa shape index (κ3) is 6.06. The highest BCUT2D eigenvalue weighted by Crippen LogP contribution is 2.24. The summed E-state index contributed by atoms with van der Waals surface area (Å²) in [5.74, 6) is -1.08. The van der Waals surface area contributed by atoms with Crippen molar-refractivity contribution in [2.75, 3.05) is 16.8 Å². The molecule has 3 aromatic rings. The van der Waals surface area contributed by atoms with E-state index in [1.165, 1.54) is 12.3 Å². The number of nitrogens with one attached hydrogen (secondary N) is 1. The number of unbranched alkanes of at least 4 members (excludes halogenated alkanes) is 1. The van der Waals surface area contributed by atoms with Gasteiger partial charge in [0.25, 0.3) is 5.91 Å². The summed E-state index contributed by atoms with van der Waals surface area (Å²) in [5.41, 5.74) is 1.84. The molecule has 1 amide bonds. The third-order valence-corrected chi connectivity index (χ3v) is 5.01. The summed E-state index contributed by atoms with van der Waals surface area (Å²) >= 11 is 5.86. The van der Waals surface area contributed by atoms with Crippen LogP contribution in [-0.4, -0.2) is 28.5 Å². The molecule has 160 valence electrons. The molecule has 0 bridgehead atoms. The second-order valence-electron chi connectivity index (χ2n) is 7.12. The smallest absolute Gasteiger partial charge is 0.339 e. The first-order valence-electron chi connectivity index (χ1n) is 10.1. The number of carbonyl (C=O) groups excluding carboxylic acids is 1. The summed E-state index contributed by atoms with van der Waals surface area (Å²) in [4.78, 5) is 30.9. The highest BCUT2D eigenvalue weighted by atomic mass is 35.5. The number of pyridine rings is 1. The number of carbonyl (C=O) groups is 2. The molecule has 1 heterocycles. The number of hydrogen-bond donors (Lipinski definition) is 2. The van der Waals surface area contributed by atoms with E-state index in [-0.39, 0.29) is 11.5 Å². The molecule has 6 nitrogen and oxygen atoms in total. The molecular formula is C24H24ClN3O3. The predicted octanol–water partition coefficient (Wildman–Crippen LogP) is 5.49. The number of aromatic carboxylic acids is 1. The number of carboxylic acid groups (broad SMARTS) is 1. The molecule has 0 aliphatic rings. The van der Waals surface area contributed by atoms with Crippen molar-refractivity contribution in [2.24, 2.45) is 0 Å². The quantitative estimate of drug-likeness (QED) is 0.462. The van der Waals surface area contributed by atoms with Gasteiger partial charge in [0.15, 0.2) is 0 Å². The lowest BCUT2D eigenvalue weighted by Crippen LogP contribution is -2.27. The van der Waals surface area contributed by atoms with Crippen molar-refractivity contribution < 1.29 is 14.7 Å². The Morgan fingerprint density at radius 2 is 1.81 bits per heavy atom. The zero-order valence-electron chi connectivity index (χ0n) is 17.2. The van der Waals surface area contributed by atoms with Crippen LogP contribution >= 0.6 is 11.6 Å². The molecule has 3 rings (SSSR count). The molecule has 0 radical (unpaired) electrons. The summed E-state index contributed by atoms with van der Waals surface area (Å²) in [7, 11) is 0. The molecular weight excluding hydrogens is 414 g/mol. The van der Waals surface area contributed by atoms with E-state index in [2.05, 4.69) is 17.2 Å². The first-order chi connectivity index (χ1) is 15.0. The fraction of sp³-hybridized carbons (Fsp3) is 0.208. The van der Waals surface area contributed by atoms with Gasteiger partial charge in [0.1, 0.15) is 11.4 Å². The Bertz CT molecular complexity index is 1040. The third-order valence-electron chi connectivity index (χ3n) is 4.76. The van der Waals surface area contributed by atoms with Crippen molar-refractivity contribution in [3.63, 3.8) is 0 Å². The lowest BCUT2D eigenvalue weighted by atomic mass is 10.1. The Kier molecular flexibility index (Phi) is 7.62. The van der Waals surface area contributed by atoms with E-state index < -0.39 is 5.97 Å². The average molecular weight is 438 g/mol. The first kappa shape index (κ1) is 22.3. The molecule has 0 fully saturated rings. The van der Waals surface area contributed by atoms with Crippen molar-refractivity contribution >= 4 is 35.0 Å². The number of benzene rings is 2. The Morgan fingerprint density at radius 1 is 1.10 bits per heavy atom. The van der Waals surface area contributed by atoms with Crippen LogP contribution in [0.5, 0.6) is 0 Å². The molecule has 31 heavy (non-hydrogen) atoms. The molecule has 0 unspecified atom stereocenters. The summed E-state index contributed by atoms with van der Waals surface area (Å²) in [6.45, 7) is 3.31. The number of rotatable bonds is 9. The van der Waals surface area contributed by atoms with Crippen LogP contribution in [0.4, 0.5) is 11.5 Å². The number of carboxylic acids is 1. The zero-order valence-corrected chi connectivity index (χ0v) is 18.0. The van der Waals surface area contributed by atoms with E-state index in [0.29, 0.717) is 35.2 Å². The highest BCUT2D eigenvalue weighted by molar-refractivity contribution is 6.30. The predicted molar refractivity (Wildman–Crippen MR) is 123 cm³/mol. The van der Waals surface area contributed by atoms with Crippen LogP contribution in [0, 0.1) is 0 Å². The van der Waals surface area contributed by atoms with Crippen molar-refractivity contribution in [2.45, 2.75) is 26.3 Å². The molecule has 1 aromatic heterocycles. The van der Waals surface area contributed by atoms with Crippen molar-refractivity contribution in [1.29, 1.82) is 0 Å². The van der Waals surface area contributed by atoms with Gasteiger partial charge in [-0.05, 0) is 42.3 Å². The number of aromatic nitrogens is 1. The van der Waals surface area contributed by atoms with E-state index in [0.717, 1.165) is 18.4 Å². The fourth-order valence-electron chi connectivity index (χ4n) is 3.15. The van der Waals surface area contributed by atoms with Gasteiger partial charge in [-0.25, -0.2) is 9.78 Å². The van der Waals surface area contributed by atoms with Crippen LogP contribution in [0.25, 0.3) is 0 Å². The number of amides is 1. The number of nitrogens with zero attached hydrogens (tertiary/aromatic N) is 2. The summed E-state index contributed by atoms with van der Waals surface area (Å²) in [6.07, 6.45) is 3.37. The first-order valence-corrected chi connectivity index (χ1v) is 10.4. The summed E-state index contributed by atoms with van der Waals surface area (Å²) < 4.78 is 0. The minimum Gasteiger partial charge on any atom is -0.478 e. The minimum atomic E-state index is -1.10. The molecule has 0 saturated heterocycles. The SMILES string of the molecule is CCCCN(Cc1ccccc1)c1ncc(NC(=O)c2ccc(Cl)cc2)cc1C(=O)O. The molecule has 0 aliphatic carbocycles. The van der Waals surface area contributed by atoms with E-state index in [4.69, 9.17) is 11.6 Å². The van der Waals surface area contributed by atoms with Crippen molar-refractivity contribution in [1.82, 2.24) is 4.98 Å². The van der Waals surface area contributed by atoms with Crippen LogP contribution < -0.4 is 10.2 Å². The fourth-order valence-corrected chi connectivity index (χ4v) is 3.28. The van der Waals surface area contributed by atoms with Gasteiger partial charge < -0.3 is 15.3 Å². The number of hydrogen-bond acceptors (Lipinski definition) is 4. The van der Waals surface area contributed by atoms with Gasteiger partial charge in [0.2, 0.25) is 0 Å².